The van der Waals surface area contributed by atoms with Crippen molar-refractivity contribution in [1.29, 1.82) is 0 Å². The van der Waals surface area contributed by atoms with E-state index in [0.29, 0.717) is 18.4 Å². The predicted octanol–water partition coefficient (Wildman–Crippen LogP) is 1.90. The lowest BCUT2D eigenvalue weighted by atomic mass is 10.3. The number of benzene rings is 1. The van der Waals surface area contributed by atoms with E-state index in [1.807, 2.05) is 24.3 Å². The molecule has 0 fully saturated rings. The number of imidazole rings is 1. The number of para-hydroxylation sites is 2. The summed E-state index contributed by atoms with van der Waals surface area (Å²) in [6.07, 6.45) is 3.24. The number of hydrogen-bond acceptors (Lipinski definition) is 9. The van der Waals surface area contributed by atoms with E-state index in [4.69, 9.17) is 4.74 Å². The van der Waals surface area contributed by atoms with Crippen molar-refractivity contribution in [2.75, 3.05) is 17.7 Å². The average Bonchev–Trinajstić information content (AvgIpc) is 3.10. The molecule has 10 nitrogen and oxygen atoms in total. The van der Waals surface area contributed by atoms with Crippen LogP contribution in [0.5, 0.6) is 6.01 Å². The maximum absolute atomic E-state index is 5.13. The van der Waals surface area contributed by atoms with E-state index in [1.54, 1.807) is 18.5 Å². The zero-order valence-corrected chi connectivity index (χ0v) is 13.8. The van der Waals surface area contributed by atoms with Crippen molar-refractivity contribution in [3.63, 3.8) is 0 Å². The molecule has 26 heavy (non-hydrogen) atoms. The molecule has 0 aliphatic rings. The second-order valence-corrected chi connectivity index (χ2v) is 5.22. The van der Waals surface area contributed by atoms with Gasteiger partial charge in [0.2, 0.25) is 17.8 Å². The predicted molar refractivity (Wildman–Crippen MR) is 95.1 cm³/mol. The average molecular weight is 349 g/mol. The van der Waals surface area contributed by atoms with Crippen molar-refractivity contribution >= 4 is 28.9 Å². The number of fused-ring (bicyclic) bond motifs is 1. The molecular weight excluding hydrogens is 334 g/mol. The van der Waals surface area contributed by atoms with Crippen LogP contribution in [0, 0.1) is 0 Å². The molecule has 0 spiro atoms. The number of nitrogens with zero attached hydrogens (tertiary/aromatic N) is 6. The van der Waals surface area contributed by atoms with Crippen LogP contribution in [0.3, 0.4) is 0 Å². The molecular formula is C16H15N9O. The number of methoxy groups -OCH3 is 1. The fourth-order valence-electron chi connectivity index (χ4n) is 2.30. The maximum Gasteiger partial charge on any atom is 0.322 e. The van der Waals surface area contributed by atoms with Crippen molar-refractivity contribution in [3.8, 4) is 6.01 Å². The largest absolute Gasteiger partial charge is 0.467 e. The van der Waals surface area contributed by atoms with Crippen LogP contribution < -0.4 is 15.4 Å². The zero-order chi connectivity index (χ0) is 17.8. The third-order valence-corrected chi connectivity index (χ3v) is 3.44. The summed E-state index contributed by atoms with van der Waals surface area (Å²) in [5, 5.41) is 6.02. The molecule has 3 heterocycles. The highest BCUT2D eigenvalue weighted by Crippen LogP contribution is 2.15. The minimum atomic E-state index is 0.172. The van der Waals surface area contributed by atoms with Crippen molar-refractivity contribution in [2.45, 2.75) is 6.54 Å². The van der Waals surface area contributed by atoms with Crippen LogP contribution in [-0.4, -0.2) is 42.0 Å². The van der Waals surface area contributed by atoms with Crippen LogP contribution in [0.25, 0.3) is 11.0 Å². The van der Waals surface area contributed by atoms with E-state index in [1.165, 1.54) is 7.11 Å². The van der Waals surface area contributed by atoms with E-state index in [2.05, 4.69) is 45.5 Å². The Bertz CT molecular complexity index is 986. The number of rotatable bonds is 6. The summed E-state index contributed by atoms with van der Waals surface area (Å²) in [4.78, 5) is 28.5. The molecule has 0 atom stereocenters. The van der Waals surface area contributed by atoms with Crippen LogP contribution >= 0.6 is 0 Å². The first kappa shape index (κ1) is 15.7. The molecule has 3 N–H and O–H groups in total. The number of ether oxygens (including phenoxy) is 1. The van der Waals surface area contributed by atoms with Crippen molar-refractivity contribution in [2.24, 2.45) is 0 Å². The van der Waals surface area contributed by atoms with Crippen molar-refractivity contribution in [3.05, 3.63) is 48.5 Å². The number of H-pyrrole nitrogens is 1. The Morgan fingerprint density at radius 3 is 2.54 bits per heavy atom. The number of nitrogens with one attached hydrogen (secondary N) is 3. The maximum atomic E-state index is 5.13. The van der Waals surface area contributed by atoms with E-state index < -0.39 is 0 Å². The van der Waals surface area contributed by atoms with Crippen LogP contribution in [0.1, 0.15) is 5.82 Å². The topological polar surface area (TPSA) is 126 Å². The van der Waals surface area contributed by atoms with Gasteiger partial charge in [-0.05, 0) is 18.2 Å². The second-order valence-electron chi connectivity index (χ2n) is 5.22. The third kappa shape index (κ3) is 3.48. The molecule has 130 valence electrons. The number of aromatic amines is 1. The fourth-order valence-corrected chi connectivity index (χ4v) is 2.30. The van der Waals surface area contributed by atoms with Gasteiger partial charge in [-0.3, -0.25) is 5.32 Å². The molecule has 3 aromatic heterocycles. The summed E-state index contributed by atoms with van der Waals surface area (Å²) < 4.78 is 5.13. The summed E-state index contributed by atoms with van der Waals surface area (Å²) >= 11 is 0. The molecule has 0 aliphatic heterocycles. The number of aromatic nitrogens is 7. The van der Waals surface area contributed by atoms with E-state index in [0.717, 1.165) is 16.9 Å². The molecule has 0 aliphatic carbocycles. The fraction of sp³-hybridized carbons (Fsp3) is 0.125. The SMILES string of the molecule is COc1nc(NCc2nc3ccccc3[nH]2)nc(Nc2ncccn2)n1. The van der Waals surface area contributed by atoms with Crippen molar-refractivity contribution in [1.82, 2.24) is 34.9 Å². The minimum Gasteiger partial charge on any atom is -0.467 e. The molecule has 4 rings (SSSR count). The van der Waals surface area contributed by atoms with E-state index in [9.17, 15) is 0 Å². The van der Waals surface area contributed by atoms with Gasteiger partial charge in [0.15, 0.2) is 0 Å². The van der Waals surface area contributed by atoms with Crippen LogP contribution in [0.2, 0.25) is 0 Å². The summed E-state index contributed by atoms with van der Waals surface area (Å²) in [6.45, 7) is 0.420. The Morgan fingerprint density at radius 2 is 1.73 bits per heavy atom. The second kappa shape index (κ2) is 6.97. The van der Waals surface area contributed by atoms with E-state index in [-0.39, 0.29) is 12.0 Å². The Labute approximate surface area is 148 Å². The Balaban J connectivity index is 1.52. The number of anilines is 3. The standard InChI is InChI=1S/C16H15N9O/c1-26-16-24-14(23-15(25-16)22-13-17-7-4-8-18-13)19-9-12-20-10-5-2-3-6-11(10)21-12/h2-8H,9H2,1H3,(H,20,21)(H2,17,18,19,22,23,24,25). The van der Waals surface area contributed by atoms with Gasteiger partial charge in [0, 0.05) is 12.4 Å². The first-order chi connectivity index (χ1) is 12.8. The highest BCUT2D eigenvalue weighted by Gasteiger charge is 2.09. The van der Waals surface area contributed by atoms with Crippen LogP contribution in [0.15, 0.2) is 42.7 Å². The molecule has 4 aromatic rings. The summed E-state index contributed by atoms with van der Waals surface area (Å²) in [5.74, 6) is 1.77. The van der Waals surface area contributed by atoms with Gasteiger partial charge in [-0.15, -0.1) is 0 Å². The molecule has 0 bridgehead atoms. The quantitative estimate of drug-likeness (QED) is 0.478. The molecule has 1 aromatic carbocycles. The molecule has 10 heteroatoms. The van der Waals surface area contributed by atoms with Crippen molar-refractivity contribution < 1.29 is 4.74 Å². The monoisotopic (exact) mass is 349 g/mol. The Hall–Kier alpha value is -3.82. The normalized spacial score (nSPS) is 10.7. The lowest BCUT2D eigenvalue weighted by molar-refractivity contribution is 0.379. The first-order valence-electron chi connectivity index (χ1n) is 7.82. The molecule has 0 saturated heterocycles. The minimum absolute atomic E-state index is 0.172. The van der Waals surface area contributed by atoms with Crippen LogP contribution in [0.4, 0.5) is 17.8 Å². The van der Waals surface area contributed by atoms with Gasteiger partial charge in [-0.25, -0.2) is 15.0 Å². The summed E-state index contributed by atoms with van der Waals surface area (Å²) in [7, 11) is 1.49. The molecule has 0 amide bonds. The van der Waals surface area contributed by atoms with Crippen LogP contribution in [-0.2, 0) is 6.54 Å². The summed E-state index contributed by atoms with van der Waals surface area (Å²) in [6, 6.07) is 9.71. The first-order valence-corrected chi connectivity index (χ1v) is 7.82. The van der Waals surface area contributed by atoms with Gasteiger partial charge in [-0.1, -0.05) is 12.1 Å². The lowest BCUT2D eigenvalue weighted by Crippen LogP contribution is -2.09. The summed E-state index contributed by atoms with van der Waals surface area (Å²) in [5.41, 5.74) is 1.88. The van der Waals surface area contributed by atoms with Gasteiger partial charge >= 0.3 is 6.01 Å². The van der Waals surface area contributed by atoms with Gasteiger partial charge in [-0.2, -0.15) is 15.0 Å². The van der Waals surface area contributed by atoms with Gasteiger partial charge in [0.25, 0.3) is 0 Å². The number of hydrogen-bond donors (Lipinski definition) is 3. The van der Waals surface area contributed by atoms with Gasteiger partial charge < -0.3 is 15.0 Å². The van der Waals surface area contributed by atoms with Gasteiger partial charge in [0.05, 0.1) is 24.7 Å². The molecule has 0 radical (unpaired) electrons. The Morgan fingerprint density at radius 1 is 0.923 bits per heavy atom. The lowest BCUT2D eigenvalue weighted by Gasteiger charge is -2.08. The molecule has 0 saturated carbocycles. The smallest absolute Gasteiger partial charge is 0.322 e. The third-order valence-electron chi connectivity index (χ3n) is 3.44. The highest BCUT2D eigenvalue weighted by molar-refractivity contribution is 5.74. The van der Waals surface area contributed by atoms with Gasteiger partial charge in [0.1, 0.15) is 5.82 Å². The highest BCUT2D eigenvalue weighted by atomic mass is 16.5. The van der Waals surface area contributed by atoms with E-state index >= 15 is 0 Å². The Kier molecular flexibility index (Phi) is 4.21. The zero-order valence-electron chi connectivity index (χ0n) is 13.8. The molecule has 0 unspecified atom stereocenters.